The Hall–Kier alpha value is -3.85. The van der Waals surface area contributed by atoms with Crippen LogP contribution in [0.1, 0.15) is 60.1 Å². The topological polar surface area (TPSA) is 99.0 Å². The van der Waals surface area contributed by atoms with Crippen molar-refractivity contribution < 1.29 is 14.3 Å². The fourth-order valence-electron chi connectivity index (χ4n) is 4.04. The minimum atomic E-state index is -0.518. The second-order valence-electron chi connectivity index (χ2n) is 10.5. The smallest absolute Gasteiger partial charge is 0.412 e. The molecule has 1 aromatic carbocycles. The van der Waals surface area contributed by atoms with Gasteiger partial charge >= 0.3 is 6.09 Å². The summed E-state index contributed by atoms with van der Waals surface area (Å²) in [5, 5.41) is 8.29. The maximum absolute atomic E-state index is 13.1. The van der Waals surface area contributed by atoms with Crippen molar-refractivity contribution in [2.45, 2.75) is 65.7 Å². The van der Waals surface area contributed by atoms with Gasteiger partial charge in [0.1, 0.15) is 16.6 Å². The Bertz CT molecular complexity index is 1430. The second kappa shape index (κ2) is 12.3. The van der Waals surface area contributed by atoms with Crippen LogP contribution in [0.3, 0.4) is 0 Å². The van der Waals surface area contributed by atoms with Gasteiger partial charge in [-0.25, -0.2) is 19.4 Å². The molecule has 0 spiro atoms. The Balaban J connectivity index is 1.38. The van der Waals surface area contributed by atoms with Gasteiger partial charge in [-0.2, -0.15) is 5.10 Å². The number of aromatic nitrogens is 4. The van der Waals surface area contributed by atoms with E-state index in [-0.39, 0.29) is 17.6 Å². The average Bonchev–Trinajstić information content (AvgIpc) is 3.50. The highest BCUT2D eigenvalue weighted by atomic mass is 32.1. The van der Waals surface area contributed by atoms with E-state index < -0.39 is 6.09 Å². The predicted octanol–water partition coefficient (Wildman–Crippen LogP) is 6.04. The van der Waals surface area contributed by atoms with Gasteiger partial charge in [0.05, 0.1) is 30.1 Å². The third-order valence-corrected chi connectivity index (χ3v) is 7.21. The summed E-state index contributed by atoms with van der Waals surface area (Å²) in [5.41, 5.74) is 4.89. The van der Waals surface area contributed by atoms with Crippen LogP contribution in [0.25, 0.3) is 5.69 Å². The molecule has 8 nitrogen and oxygen atoms in total. The van der Waals surface area contributed by atoms with Gasteiger partial charge in [0.2, 0.25) is 0 Å². The molecule has 0 atom stereocenters. The van der Waals surface area contributed by atoms with Gasteiger partial charge in [0.15, 0.2) is 0 Å². The lowest BCUT2D eigenvalue weighted by atomic mass is 9.92. The third-order valence-electron chi connectivity index (χ3n) is 6.15. The van der Waals surface area contributed by atoms with E-state index >= 15 is 0 Å². The second-order valence-corrected chi connectivity index (χ2v) is 11.7. The number of nitrogens with zero attached hydrogens (tertiary/aromatic N) is 4. The Labute approximate surface area is 233 Å². The molecule has 9 heteroatoms. The third kappa shape index (κ3) is 7.83. The van der Waals surface area contributed by atoms with E-state index in [1.807, 2.05) is 41.2 Å². The molecule has 0 aliphatic rings. The highest BCUT2D eigenvalue weighted by Gasteiger charge is 2.22. The Kier molecular flexibility index (Phi) is 8.91. The summed E-state index contributed by atoms with van der Waals surface area (Å²) < 4.78 is 6.80. The predicted molar refractivity (Wildman–Crippen MR) is 154 cm³/mol. The summed E-state index contributed by atoms with van der Waals surface area (Å²) in [6.45, 7) is 10.5. The zero-order valence-electron chi connectivity index (χ0n) is 23.2. The lowest BCUT2D eigenvalue weighted by Gasteiger charge is -2.14. The van der Waals surface area contributed by atoms with Crippen LogP contribution in [-0.2, 0) is 40.6 Å². The summed E-state index contributed by atoms with van der Waals surface area (Å²) in [6, 6.07) is 14.0. The molecule has 3 aromatic heterocycles. The van der Waals surface area contributed by atoms with Gasteiger partial charge in [-0.15, -0.1) is 11.3 Å². The maximum atomic E-state index is 13.1. The first kappa shape index (κ1) is 28.2. The number of pyridine rings is 1. The van der Waals surface area contributed by atoms with Crippen LogP contribution < -0.4 is 5.32 Å². The number of nitrogens with one attached hydrogen (secondary N) is 1. The van der Waals surface area contributed by atoms with Crippen molar-refractivity contribution in [2.24, 2.45) is 0 Å². The van der Waals surface area contributed by atoms with E-state index in [2.05, 4.69) is 55.1 Å². The van der Waals surface area contributed by atoms with Crippen LogP contribution in [-0.4, -0.2) is 38.2 Å². The van der Waals surface area contributed by atoms with Gasteiger partial charge in [0, 0.05) is 29.1 Å². The first-order chi connectivity index (χ1) is 18.6. The number of benzene rings is 1. The summed E-state index contributed by atoms with van der Waals surface area (Å²) >= 11 is 1.56. The van der Waals surface area contributed by atoms with Gasteiger partial charge in [-0.1, -0.05) is 38.5 Å². The van der Waals surface area contributed by atoms with E-state index in [0.29, 0.717) is 18.8 Å². The van der Waals surface area contributed by atoms with Crippen LogP contribution in [0.4, 0.5) is 10.6 Å². The number of carbonyl (C=O) groups is 2. The normalized spacial score (nSPS) is 11.4. The zero-order chi connectivity index (χ0) is 28.0. The molecule has 1 N–H and O–H groups in total. The lowest BCUT2D eigenvalue weighted by Crippen LogP contribution is -2.14. The minimum Gasteiger partial charge on any atom is -0.450 e. The number of thiazole rings is 1. The number of aryl methyl sites for hydroxylation is 3. The fraction of sp³-hybridized carbons (Fsp3) is 0.367. The molecule has 0 saturated heterocycles. The van der Waals surface area contributed by atoms with Crippen molar-refractivity contribution >= 4 is 29.0 Å². The number of ketones is 1. The summed E-state index contributed by atoms with van der Waals surface area (Å²) in [4.78, 5) is 34.5. The van der Waals surface area contributed by atoms with Gasteiger partial charge < -0.3 is 4.74 Å². The molecule has 3 heterocycles. The first-order valence-electron chi connectivity index (χ1n) is 13.1. The monoisotopic (exact) mass is 545 g/mol. The van der Waals surface area contributed by atoms with Crippen molar-refractivity contribution in [1.29, 1.82) is 0 Å². The highest BCUT2D eigenvalue weighted by molar-refractivity contribution is 7.11. The van der Waals surface area contributed by atoms with Crippen molar-refractivity contribution in [3.63, 3.8) is 0 Å². The molecule has 0 saturated carbocycles. The van der Waals surface area contributed by atoms with Gasteiger partial charge in [-0.05, 0) is 62.6 Å². The molecular weight excluding hydrogens is 510 g/mol. The van der Waals surface area contributed by atoms with E-state index in [0.717, 1.165) is 45.4 Å². The van der Waals surface area contributed by atoms with Crippen molar-refractivity contribution in [2.75, 3.05) is 11.9 Å². The number of hydrogen-bond donors (Lipinski definition) is 1. The number of amides is 1. The van der Waals surface area contributed by atoms with Crippen LogP contribution in [0.2, 0.25) is 0 Å². The standard InChI is InChI=1S/C30H35N5O3S/c1-6-38-29(37)33-27-15-21(13-14-31-27)9-12-25-19-32-28(39-25)18-24(36)16-23-17-26(30(3,4)5)34-35(23)22-10-7-20(2)8-11-22/h7-8,10-11,13-15,17,19H,6,9,12,16,18H2,1-5H3,(H,31,33,37). The minimum absolute atomic E-state index is 0.105. The van der Waals surface area contributed by atoms with Crippen molar-refractivity contribution in [1.82, 2.24) is 19.7 Å². The molecule has 0 bridgehead atoms. The largest absolute Gasteiger partial charge is 0.450 e. The van der Waals surface area contributed by atoms with Crippen LogP contribution in [0.5, 0.6) is 0 Å². The highest BCUT2D eigenvalue weighted by Crippen LogP contribution is 2.25. The number of hydrogen-bond acceptors (Lipinski definition) is 7. The van der Waals surface area contributed by atoms with E-state index in [1.165, 1.54) is 5.56 Å². The molecule has 0 radical (unpaired) electrons. The Morgan fingerprint density at radius 1 is 1.03 bits per heavy atom. The molecule has 4 aromatic rings. The Morgan fingerprint density at radius 2 is 1.79 bits per heavy atom. The van der Waals surface area contributed by atoms with E-state index in [1.54, 1.807) is 24.5 Å². The molecule has 0 unspecified atom stereocenters. The molecule has 204 valence electrons. The molecule has 0 aliphatic carbocycles. The zero-order valence-corrected chi connectivity index (χ0v) is 24.0. The molecule has 0 aliphatic heterocycles. The number of Topliss-reactive ketones (excluding diaryl/α,β-unsaturated/α-hetero) is 1. The summed E-state index contributed by atoms with van der Waals surface area (Å²) in [5.74, 6) is 0.564. The van der Waals surface area contributed by atoms with Crippen molar-refractivity contribution in [3.05, 3.63) is 87.3 Å². The van der Waals surface area contributed by atoms with Crippen molar-refractivity contribution in [3.8, 4) is 5.69 Å². The quantitative estimate of drug-likeness (QED) is 0.261. The number of anilines is 1. The molecule has 39 heavy (non-hydrogen) atoms. The van der Waals surface area contributed by atoms with Crippen LogP contribution >= 0.6 is 11.3 Å². The lowest BCUT2D eigenvalue weighted by molar-refractivity contribution is -0.117. The molecule has 1 amide bonds. The summed E-state index contributed by atoms with van der Waals surface area (Å²) in [7, 11) is 0. The maximum Gasteiger partial charge on any atom is 0.412 e. The number of ether oxygens (including phenoxy) is 1. The van der Waals surface area contributed by atoms with Crippen LogP contribution in [0.15, 0.2) is 54.9 Å². The molecule has 0 fully saturated rings. The van der Waals surface area contributed by atoms with E-state index in [9.17, 15) is 9.59 Å². The molecular formula is C30H35N5O3S. The Morgan fingerprint density at radius 3 is 2.51 bits per heavy atom. The first-order valence-corrected chi connectivity index (χ1v) is 13.9. The van der Waals surface area contributed by atoms with E-state index in [4.69, 9.17) is 9.84 Å². The fourth-order valence-corrected chi connectivity index (χ4v) is 4.99. The number of rotatable bonds is 10. The average molecular weight is 546 g/mol. The summed E-state index contributed by atoms with van der Waals surface area (Å²) in [6.07, 6.45) is 5.12. The van der Waals surface area contributed by atoms with Crippen LogP contribution in [0, 0.1) is 6.92 Å². The number of carbonyl (C=O) groups excluding carboxylic acids is 2. The van der Waals surface area contributed by atoms with Gasteiger partial charge in [0.25, 0.3) is 0 Å². The van der Waals surface area contributed by atoms with Gasteiger partial charge in [-0.3, -0.25) is 10.1 Å². The SMILES string of the molecule is CCOC(=O)Nc1cc(CCc2cnc(CC(=O)Cc3cc(C(C)(C)C)nn3-c3ccc(C)cc3)s2)ccn1. The molecule has 4 rings (SSSR count).